The molecule has 0 spiro atoms. The van der Waals surface area contributed by atoms with Crippen molar-refractivity contribution in [3.05, 3.63) is 47.2 Å². The Balaban J connectivity index is 2.26. The summed E-state index contributed by atoms with van der Waals surface area (Å²) in [7, 11) is 1.39. The van der Waals surface area contributed by atoms with Gasteiger partial charge in [-0.15, -0.1) is 0 Å². The molecule has 0 fully saturated rings. The zero-order chi connectivity index (χ0) is 11.8. The number of methoxy groups -OCH3 is 1. The van der Waals surface area contributed by atoms with E-state index in [0.29, 0.717) is 5.57 Å². The van der Waals surface area contributed by atoms with E-state index in [2.05, 4.69) is 4.98 Å². The largest absolute Gasteiger partial charge is 0.465 e. The molecule has 0 saturated heterocycles. The molecule has 3 nitrogen and oxygen atoms in total. The molecule has 0 atom stereocenters. The highest BCUT2D eigenvalue weighted by molar-refractivity contribution is 6.05. The minimum Gasteiger partial charge on any atom is -0.465 e. The van der Waals surface area contributed by atoms with E-state index in [1.165, 1.54) is 7.11 Å². The van der Waals surface area contributed by atoms with Crippen LogP contribution in [-0.4, -0.2) is 18.1 Å². The first-order valence-electron chi connectivity index (χ1n) is 5.38. The lowest BCUT2D eigenvalue weighted by Crippen LogP contribution is -2.01. The van der Waals surface area contributed by atoms with Gasteiger partial charge in [-0.25, -0.2) is 4.79 Å². The van der Waals surface area contributed by atoms with Crippen molar-refractivity contribution in [3.8, 4) is 0 Å². The Bertz CT molecular complexity index is 662. The number of ether oxygens (including phenoxy) is 1. The summed E-state index contributed by atoms with van der Waals surface area (Å²) in [5, 5.41) is 1.14. The van der Waals surface area contributed by atoms with Crippen molar-refractivity contribution in [1.82, 2.24) is 4.98 Å². The number of rotatable bonds is 1. The van der Waals surface area contributed by atoms with Crippen LogP contribution < -0.4 is 0 Å². The number of hydrogen-bond donors (Lipinski definition) is 1. The van der Waals surface area contributed by atoms with Crippen LogP contribution in [0.15, 0.2) is 36.0 Å². The summed E-state index contributed by atoms with van der Waals surface area (Å²) in [5.74, 6) is -0.316. The fourth-order valence-corrected chi connectivity index (χ4v) is 2.13. The van der Waals surface area contributed by atoms with Gasteiger partial charge in [0.15, 0.2) is 0 Å². The van der Waals surface area contributed by atoms with Crippen LogP contribution >= 0.6 is 0 Å². The molecule has 2 aromatic rings. The predicted octanol–water partition coefficient (Wildman–Crippen LogP) is 2.75. The zero-order valence-corrected chi connectivity index (χ0v) is 9.36. The predicted molar refractivity (Wildman–Crippen MR) is 67.3 cm³/mol. The topological polar surface area (TPSA) is 42.1 Å². The number of H-pyrrole nitrogens is 1. The molecule has 0 amide bonds. The minimum atomic E-state index is -0.316. The van der Waals surface area contributed by atoms with Crippen LogP contribution in [0.4, 0.5) is 0 Å². The summed E-state index contributed by atoms with van der Waals surface area (Å²) in [6.45, 7) is 0. The summed E-state index contributed by atoms with van der Waals surface area (Å²) < 4.78 is 4.75. The highest BCUT2D eigenvalue weighted by Gasteiger charge is 2.13. The Morgan fingerprint density at radius 1 is 1.24 bits per heavy atom. The molecular weight excluding hydrogens is 214 g/mol. The maximum Gasteiger partial charge on any atom is 0.337 e. The second-order valence-electron chi connectivity index (χ2n) is 3.94. The molecule has 3 heteroatoms. The average molecular weight is 225 g/mol. The third-order valence-corrected chi connectivity index (χ3v) is 2.94. The van der Waals surface area contributed by atoms with E-state index < -0.39 is 0 Å². The SMILES string of the molecule is COC(=O)C1=Cc2c[nH]c3cccc(c23)C=C1. The monoisotopic (exact) mass is 225 g/mol. The molecular formula is C14H11NO2. The summed E-state index contributed by atoms with van der Waals surface area (Å²) in [5.41, 5.74) is 3.75. The van der Waals surface area contributed by atoms with Crippen LogP contribution in [0.1, 0.15) is 11.1 Å². The molecule has 0 radical (unpaired) electrons. The Labute approximate surface area is 98.4 Å². The standard InChI is InChI=1S/C14H11NO2/c1-17-14(16)10-6-5-9-3-2-4-12-13(9)11(7-10)8-15-12/h2-8,15H,1H3. The molecule has 1 aromatic carbocycles. The summed E-state index contributed by atoms with van der Waals surface area (Å²) >= 11 is 0. The van der Waals surface area contributed by atoms with Gasteiger partial charge in [-0.2, -0.15) is 0 Å². The van der Waals surface area contributed by atoms with Gasteiger partial charge in [-0.05, 0) is 23.8 Å². The van der Waals surface area contributed by atoms with Crippen molar-refractivity contribution < 1.29 is 9.53 Å². The molecule has 17 heavy (non-hydrogen) atoms. The highest BCUT2D eigenvalue weighted by atomic mass is 16.5. The van der Waals surface area contributed by atoms with Crippen LogP contribution in [0.25, 0.3) is 23.1 Å². The van der Waals surface area contributed by atoms with E-state index in [1.54, 1.807) is 6.08 Å². The quantitative estimate of drug-likeness (QED) is 0.758. The number of carbonyl (C=O) groups is 1. The van der Waals surface area contributed by atoms with E-state index >= 15 is 0 Å². The van der Waals surface area contributed by atoms with Gasteiger partial charge in [-0.1, -0.05) is 18.2 Å². The lowest BCUT2D eigenvalue weighted by Gasteiger charge is -1.97. The summed E-state index contributed by atoms with van der Waals surface area (Å²) in [6, 6.07) is 6.04. The number of esters is 1. The molecule has 0 bridgehead atoms. The van der Waals surface area contributed by atoms with Gasteiger partial charge in [0.05, 0.1) is 12.7 Å². The highest BCUT2D eigenvalue weighted by Crippen LogP contribution is 2.28. The fourth-order valence-electron chi connectivity index (χ4n) is 2.13. The van der Waals surface area contributed by atoms with Crippen molar-refractivity contribution in [3.63, 3.8) is 0 Å². The van der Waals surface area contributed by atoms with Gasteiger partial charge >= 0.3 is 5.97 Å². The Morgan fingerprint density at radius 3 is 2.94 bits per heavy atom. The van der Waals surface area contributed by atoms with E-state index in [1.807, 2.05) is 36.5 Å². The van der Waals surface area contributed by atoms with Crippen LogP contribution in [0.2, 0.25) is 0 Å². The maximum absolute atomic E-state index is 11.6. The third kappa shape index (κ3) is 1.47. The number of carbonyl (C=O) groups excluding carboxylic acids is 1. The molecule has 0 saturated carbocycles. The molecule has 3 rings (SSSR count). The van der Waals surface area contributed by atoms with Crippen molar-refractivity contribution in [2.24, 2.45) is 0 Å². The second-order valence-corrected chi connectivity index (χ2v) is 3.94. The molecule has 1 heterocycles. The minimum absolute atomic E-state index is 0.316. The molecule has 0 unspecified atom stereocenters. The Hall–Kier alpha value is -2.29. The Morgan fingerprint density at radius 2 is 2.12 bits per heavy atom. The van der Waals surface area contributed by atoms with Gasteiger partial charge < -0.3 is 9.72 Å². The van der Waals surface area contributed by atoms with Gasteiger partial charge in [0.2, 0.25) is 0 Å². The molecule has 1 aliphatic carbocycles. The van der Waals surface area contributed by atoms with Crippen molar-refractivity contribution >= 4 is 29.0 Å². The maximum atomic E-state index is 11.6. The molecule has 1 N–H and O–H groups in total. The number of benzene rings is 1. The third-order valence-electron chi connectivity index (χ3n) is 2.94. The second kappa shape index (κ2) is 3.63. The summed E-state index contributed by atoms with van der Waals surface area (Å²) in [4.78, 5) is 14.8. The number of hydrogen-bond acceptors (Lipinski definition) is 2. The Kier molecular flexibility index (Phi) is 2.11. The average Bonchev–Trinajstić information content (AvgIpc) is 2.66. The summed E-state index contributed by atoms with van der Waals surface area (Å²) in [6.07, 6.45) is 7.48. The van der Waals surface area contributed by atoms with Crippen LogP contribution in [-0.2, 0) is 9.53 Å². The van der Waals surface area contributed by atoms with E-state index in [0.717, 1.165) is 22.0 Å². The van der Waals surface area contributed by atoms with Crippen molar-refractivity contribution in [1.29, 1.82) is 0 Å². The lowest BCUT2D eigenvalue weighted by atomic mass is 10.1. The van der Waals surface area contributed by atoms with Gasteiger partial charge in [0.1, 0.15) is 0 Å². The van der Waals surface area contributed by atoms with Crippen LogP contribution in [0, 0.1) is 0 Å². The molecule has 1 aliphatic rings. The zero-order valence-electron chi connectivity index (χ0n) is 9.36. The van der Waals surface area contributed by atoms with Crippen molar-refractivity contribution in [2.75, 3.05) is 7.11 Å². The van der Waals surface area contributed by atoms with Crippen LogP contribution in [0.3, 0.4) is 0 Å². The first-order chi connectivity index (χ1) is 8.29. The van der Waals surface area contributed by atoms with E-state index in [9.17, 15) is 4.79 Å². The first kappa shape index (κ1) is 9.90. The smallest absolute Gasteiger partial charge is 0.337 e. The number of aromatic amines is 1. The fraction of sp³-hybridized carbons (Fsp3) is 0.0714. The molecule has 0 aliphatic heterocycles. The van der Waals surface area contributed by atoms with Gasteiger partial charge in [-0.3, -0.25) is 0 Å². The molecule has 84 valence electrons. The van der Waals surface area contributed by atoms with Gasteiger partial charge in [0.25, 0.3) is 0 Å². The van der Waals surface area contributed by atoms with E-state index in [-0.39, 0.29) is 5.97 Å². The first-order valence-corrected chi connectivity index (χ1v) is 5.38. The normalized spacial score (nSPS) is 13.4. The van der Waals surface area contributed by atoms with E-state index in [4.69, 9.17) is 4.74 Å². The lowest BCUT2D eigenvalue weighted by molar-refractivity contribution is -0.135. The number of aromatic nitrogens is 1. The van der Waals surface area contributed by atoms with Crippen molar-refractivity contribution in [2.45, 2.75) is 0 Å². The molecule has 1 aromatic heterocycles. The van der Waals surface area contributed by atoms with Crippen LogP contribution in [0.5, 0.6) is 0 Å². The van der Waals surface area contributed by atoms with Gasteiger partial charge in [0, 0.05) is 22.7 Å². The number of nitrogens with one attached hydrogen (secondary N) is 1.